The van der Waals surface area contributed by atoms with E-state index >= 15 is 0 Å². The number of hydrogen-bond donors (Lipinski definition) is 1. The van der Waals surface area contributed by atoms with Gasteiger partial charge in [-0.05, 0) is 42.5 Å². The van der Waals surface area contributed by atoms with E-state index in [4.69, 9.17) is 9.15 Å². The summed E-state index contributed by atoms with van der Waals surface area (Å²) < 4.78 is 51.8. The highest BCUT2D eigenvalue weighted by atomic mass is 35.5. The fraction of sp³-hybridized carbons (Fsp3) is 0.222. The topological polar surface area (TPSA) is 71.8 Å². The van der Waals surface area contributed by atoms with Gasteiger partial charge in [-0.3, -0.25) is 4.72 Å². The maximum Gasteiger partial charge on any atom is 0.261 e. The summed E-state index contributed by atoms with van der Waals surface area (Å²) in [4.78, 5) is 2.10. The minimum atomic E-state index is -3.82. The summed E-state index contributed by atoms with van der Waals surface area (Å²) in [6, 6.07) is 9.95. The highest BCUT2D eigenvalue weighted by Gasteiger charge is 2.20. The molecule has 1 aliphatic heterocycles. The summed E-state index contributed by atoms with van der Waals surface area (Å²) in [5, 5.41) is 0.797. The largest absolute Gasteiger partial charge is 0.462 e. The highest BCUT2D eigenvalue weighted by molar-refractivity contribution is 7.92. The van der Waals surface area contributed by atoms with E-state index in [-0.39, 0.29) is 17.3 Å². The summed E-state index contributed by atoms with van der Waals surface area (Å²) in [7, 11) is -3.82. The summed E-state index contributed by atoms with van der Waals surface area (Å²) in [5.74, 6) is -0.488. The van der Waals surface area contributed by atoms with Gasteiger partial charge in [-0.1, -0.05) is 0 Å². The molecule has 0 atom stereocenters. The molecular weight excluding hydrogens is 395 g/mol. The molecule has 144 valence electrons. The van der Waals surface area contributed by atoms with E-state index in [0.29, 0.717) is 37.6 Å². The lowest BCUT2D eigenvalue weighted by Crippen LogP contribution is -2.36. The van der Waals surface area contributed by atoms with Crippen LogP contribution in [0.3, 0.4) is 0 Å². The Kier molecular flexibility index (Phi) is 5.59. The Morgan fingerprint density at radius 1 is 1.04 bits per heavy atom. The van der Waals surface area contributed by atoms with Crippen molar-refractivity contribution in [3.05, 3.63) is 54.5 Å². The van der Waals surface area contributed by atoms with Crippen LogP contribution in [-0.4, -0.2) is 34.7 Å². The van der Waals surface area contributed by atoms with Crippen molar-refractivity contribution in [1.82, 2.24) is 0 Å². The molecule has 2 heterocycles. The number of nitrogens with zero attached hydrogens (tertiary/aromatic N) is 1. The van der Waals surface area contributed by atoms with Gasteiger partial charge < -0.3 is 14.1 Å². The number of furan rings is 1. The number of benzene rings is 2. The van der Waals surface area contributed by atoms with E-state index in [9.17, 15) is 12.8 Å². The first-order chi connectivity index (χ1) is 12.5. The number of nitrogens with one attached hydrogen (secondary N) is 1. The first-order valence-corrected chi connectivity index (χ1v) is 9.64. The van der Waals surface area contributed by atoms with Crippen LogP contribution in [0.2, 0.25) is 0 Å². The molecule has 9 heteroatoms. The molecule has 1 N–H and O–H groups in total. The van der Waals surface area contributed by atoms with Crippen molar-refractivity contribution in [2.24, 2.45) is 0 Å². The van der Waals surface area contributed by atoms with Gasteiger partial charge >= 0.3 is 0 Å². The van der Waals surface area contributed by atoms with Crippen molar-refractivity contribution >= 4 is 44.8 Å². The lowest BCUT2D eigenvalue weighted by atomic mass is 10.2. The van der Waals surface area contributed by atoms with Crippen LogP contribution in [0.1, 0.15) is 0 Å². The first kappa shape index (κ1) is 19.5. The molecule has 4 rings (SSSR count). The Balaban J connectivity index is 0.00000210. The average Bonchev–Trinajstić information content (AvgIpc) is 3.10. The maximum absolute atomic E-state index is 13.1. The van der Waals surface area contributed by atoms with E-state index in [1.165, 1.54) is 12.1 Å². The van der Waals surface area contributed by atoms with Crippen LogP contribution >= 0.6 is 12.4 Å². The van der Waals surface area contributed by atoms with Gasteiger partial charge in [0.2, 0.25) is 0 Å². The van der Waals surface area contributed by atoms with Crippen LogP contribution in [0.5, 0.6) is 0 Å². The van der Waals surface area contributed by atoms with E-state index in [1.54, 1.807) is 24.5 Å². The Bertz CT molecular complexity index is 1030. The third-order valence-electron chi connectivity index (χ3n) is 4.26. The van der Waals surface area contributed by atoms with Gasteiger partial charge in [-0.15, -0.1) is 12.4 Å². The first-order valence-electron chi connectivity index (χ1n) is 8.15. The number of anilines is 2. The SMILES string of the molecule is Cl.O=S(=O)(Nc1cc(N2CCOCC2)c2occc2c1)c1ccc(F)cc1. The van der Waals surface area contributed by atoms with Gasteiger partial charge in [0.1, 0.15) is 5.82 Å². The Hall–Kier alpha value is -2.29. The number of morpholine rings is 1. The lowest BCUT2D eigenvalue weighted by molar-refractivity contribution is 0.123. The number of fused-ring (bicyclic) bond motifs is 1. The van der Waals surface area contributed by atoms with Crippen LogP contribution in [-0.2, 0) is 14.8 Å². The van der Waals surface area contributed by atoms with Crippen LogP contribution in [0.15, 0.2) is 58.0 Å². The molecule has 0 amide bonds. The molecule has 1 aromatic heterocycles. The van der Waals surface area contributed by atoms with Gasteiger partial charge in [0.25, 0.3) is 10.0 Å². The smallest absolute Gasteiger partial charge is 0.261 e. The zero-order chi connectivity index (χ0) is 18.1. The van der Waals surface area contributed by atoms with E-state index in [1.807, 2.05) is 0 Å². The number of rotatable bonds is 4. The Morgan fingerprint density at radius 3 is 2.44 bits per heavy atom. The van der Waals surface area contributed by atoms with Crippen molar-refractivity contribution < 1.29 is 22.0 Å². The summed E-state index contributed by atoms with van der Waals surface area (Å²) in [6.07, 6.45) is 1.58. The molecule has 3 aromatic rings. The average molecular weight is 413 g/mol. The Labute approximate surface area is 162 Å². The zero-order valence-corrected chi connectivity index (χ0v) is 15.9. The quantitative estimate of drug-likeness (QED) is 0.708. The molecule has 27 heavy (non-hydrogen) atoms. The van der Waals surface area contributed by atoms with Gasteiger partial charge in [-0.2, -0.15) is 0 Å². The van der Waals surface area contributed by atoms with E-state index < -0.39 is 15.8 Å². The molecule has 6 nitrogen and oxygen atoms in total. The molecule has 1 aliphatic rings. The minimum absolute atomic E-state index is 0. The monoisotopic (exact) mass is 412 g/mol. The fourth-order valence-corrected chi connectivity index (χ4v) is 4.03. The zero-order valence-electron chi connectivity index (χ0n) is 14.2. The molecule has 0 radical (unpaired) electrons. The molecule has 1 fully saturated rings. The van der Waals surface area contributed by atoms with E-state index in [0.717, 1.165) is 23.2 Å². The third kappa shape index (κ3) is 4.02. The van der Waals surface area contributed by atoms with Crippen molar-refractivity contribution in [2.75, 3.05) is 35.9 Å². The summed E-state index contributed by atoms with van der Waals surface area (Å²) in [6.45, 7) is 2.61. The standard InChI is InChI=1S/C18H17FN2O4S.ClH/c19-14-1-3-16(4-2-14)26(22,23)20-15-11-13-5-8-25-18(13)17(12-15)21-6-9-24-10-7-21;/h1-5,8,11-12,20H,6-7,9-10H2;1H. The third-order valence-corrected chi connectivity index (χ3v) is 5.66. The molecule has 0 bridgehead atoms. The molecule has 0 unspecified atom stereocenters. The molecule has 0 aliphatic carbocycles. The van der Waals surface area contributed by atoms with Crippen LogP contribution < -0.4 is 9.62 Å². The number of sulfonamides is 1. The predicted molar refractivity (Wildman–Crippen MR) is 104 cm³/mol. The second-order valence-electron chi connectivity index (χ2n) is 5.99. The van der Waals surface area contributed by atoms with Crippen molar-refractivity contribution in [1.29, 1.82) is 0 Å². The van der Waals surface area contributed by atoms with Gasteiger partial charge in [0.15, 0.2) is 5.58 Å². The molecule has 0 saturated carbocycles. The van der Waals surface area contributed by atoms with Crippen LogP contribution in [0, 0.1) is 5.82 Å². The normalized spacial score (nSPS) is 14.8. The van der Waals surface area contributed by atoms with Gasteiger partial charge in [-0.25, -0.2) is 12.8 Å². The second-order valence-corrected chi connectivity index (χ2v) is 7.68. The van der Waals surface area contributed by atoms with E-state index in [2.05, 4.69) is 9.62 Å². The number of ether oxygens (including phenoxy) is 1. The molecule has 1 saturated heterocycles. The van der Waals surface area contributed by atoms with Crippen molar-refractivity contribution in [3.63, 3.8) is 0 Å². The highest BCUT2D eigenvalue weighted by Crippen LogP contribution is 2.33. The number of halogens is 2. The van der Waals surface area contributed by atoms with Gasteiger partial charge in [0.05, 0.1) is 35.7 Å². The Morgan fingerprint density at radius 2 is 1.74 bits per heavy atom. The van der Waals surface area contributed by atoms with Crippen molar-refractivity contribution in [3.8, 4) is 0 Å². The molecule has 2 aromatic carbocycles. The molecule has 0 spiro atoms. The minimum Gasteiger partial charge on any atom is -0.462 e. The maximum atomic E-state index is 13.1. The second kappa shape index (κ2) is 7.75. The van der Waals surface area contributed by atoms with Crippen LogP contribution in [0.25, 0.3) is 11.0 Å². The summed E-state index contributed by atoms with van der Waals surface area (Å²) >= 11 is 0. The fourth-order valence-electron chi connectivity index (χ4n) is 2.99. The van der Waals surface area contributed by atoms with Crippen molar-refractivity contribution in [2.45, 2.75) is 4.90 Å². The lowest BCUT2D eigenvalue weighted by Gasteiger charge is -2.29. The van der Waals surface area contributed by atoms with Crippen LogP contribution in [0.4, 0.5) is 15.8 Å². The predicted octanol–water partition coefficient (Wildman–Crippen LogP) is 3.63. The number of hydrogen-bond acceptors (Lipinski definition) is 5. The molecular formula is C18H18ClFN2O4S. The van der Waals surface area contributed by atoms with Gasteiger partial charge in [0, 0.05) is 18.5 Å². The summed E-state index contributed by atoms with van der Waals surface area (Å²) in [5.41, 5.74) is 1.94.